The van der Waals surface area contributed by atoms with Crippen molar-refractivity contribution in [1.82, 2.24) is 0 Å². The van der Waals surface area contributed by atoms with Crippen LogP contribution >= 0.6 is 7.14 Å². The normalized spacial score (nSPS) is 19.1. The number of rotatable bonds is 5. The van der Waals surface area contributed by atoms with Crippen LogP contribution in [0, 0.1) is 5.41 Å². The van der Waals surface area contributed by atoms with Crippen molar-refractivity contribution in [3.05, 3.63) is 60.7 Å². The molecule has 4 heteroatoms. The molecule has 118 valence electrons. The summed E-state index contributed by atoms with van der Waals surface area (Å²) in [5.74, 6) is -0.357. The van der Waals surface area contributed by atoms with Crippen LogP contribution in [0.2, 0.25) is 0 Å². The fourth-order valence-corrected chi connectivity index (χ4v) is 7.27. The molecule has 1 aliphatic rings. The minimum Gasteiger partial charge on any atom is -0.313 e. The van der Waals surface area contributed by atoms with Crippen LogP contribution in [0.3, 0.4) is 0 Å². The first-order chi connectivity index (χ1) is 10.9. The lowest BCUT2D eigenvalue weighted by Gasteiger charge is -2.22. The lowest BCUT2D eigenvalue weighted by atomic mass is 9.98. The summed E-state index contributed by atoms with van der Waals surface area (Å²) < 4.78 is 14.1. The van der Waals surface area contributed by atoms with Gasteiger partial charge in [-0.1, -0.05) is 60.7 Å². The van der Waals surface area contributed by atoms with Gasteiger partial charge in [0.15, 0.2) is 0 Å². The van der Waals surface area contributed by atoms with E-state index in [0.717, 1.165) is 0 Å². The molecule has 0 amide bonds. The summed E-state index contributed by atoms with van der Waals surface area (Å²) in [5, 5.41) is 1.42. The molecule has 0 N–H and O–H groups in total. The van der Waals surface area contributed by atoms with Gasteiger partial charge in [0.2, 0.25) is 0 Å². The third kappa shape index (κ3) is 2.31. The predicted molar refractivity (Wildman–Crippen MR) is 92.0 cm³/mol. The summed E-state index contributed by atoms with van der Waals surface area (Å²) in [6, 6.07) is 18.4. The van der Waals surface area contributed by atoms with Crippen LogP contribution in [0.5, 0.6) is 0 Å². The van der Waals surface area contributed by atoms with Crippen LogP contribution in [0.25, 0.3) is 0 Å². The van der Waals surface area contributed by atoms with Gasteiger partial charge >= 0.3 is 0 Å². The van der Waals surface area contributed by atoms with E-state index in [9.17, 15) is 14.2 Å². The van der Waals surface area contributed by atoms with E-state index in [-0.39, 0.29) is 11.6 Å². The van der Waals surface area contributed by atoms with Crippen molar-refractivity contribution < 1.29 is 14.2 Å². The summed E-state index contributed by atoms with van der Waals surface area (Å²) in [7, 11) is -3.06. The highest BCUT2D eigenvalue weighted by atomic mass is 31.2. The number of hydrogen-bond acceptors (Lipinski definition) is 3. The van der Waals surface area contributed by atoms with Crippen LogP contribution in [0.1, 0.15) is 20.3 Å². The molecule has 1 saturated carbocycles. The maximum absolute atomic E-state index is 14.1. The molecule has 3 nitrogen and oxygen atoms in total. The number of hydrogen-bond donors (Lipinski definition) is 0. The smallest absolute Gasteiger partial charge is 0.147 e. The number of Topliss-reactive ketones (excluding diaryl/α,β-unsaturated/α-hetero) is 2. The van der Waals surface area contributed by atoms with Gasteiger partial charge < -0.3 is 4.57 Å². The molecule has 23 heavy (non-hydrogen) atoms. The molecule has 0 aliphatic heterocycles. The third-order valence-corrected chi connectivity index (χ3v) is 8.53. The molecule has 0 heterocycles. The molecular weight excluding hydrogens is 307 g/mol. The Morgan fingerprint density at radius 3 is 1.57 bits per heavy atom. The van der Waals surface area contributed by atoms with E-state index >= 15 is 0 Å². The lowest BCUT2D eigenvalue weighted by Crippen LogP contribution is -2.30. The van der Waals surface area contributed by atoms with Crippen LogP contribution in [0.4, 0.5) is 0 Å². The van der Waals surface area contributed by atoms with Gasteiger partial charge in [-0.05, 0) is 20.3 Å². The standard InChI is InChI=1S/C19H19O3P/c1-14(20)19(15(2)21)13-18(19)23(22,16-9-5-3-6-10-16)17-11-7-4-8-12-17/h3-12,18H,13H2,1-2H3. The van der Waals surface area contributed by atoms with E-state index in [1.54, 1.807) is 0 Å². The Morgan fingerprint density at radius 1 is 0.870 bits per heavy atom. The van der Waals surface area contributed by atoms with Gasteiger partial charge in [-0.3, -0.25) is 9.59 Å². The first kappa shape index (κ1) is 15.9. The lowest BCUT2D eigenvalue weighted by molar-refractivity contribution is -0.132. The molecule has 2 aromatic rings. The minimum absolute atomic E-state index is 0.179. The molecule has 1 unspecified atom stereocenters. The van der Waals surface area contributed by atoms with Gasteiger partial charge in [0, 0.05) is 16.3 Å². The highest BCUT2D eigenvalue weighted by Gasteiger charge is 2.68. The third-order valence-electron chi connectivity index (χ3n) is 4.90. The number of carbonyl (C=O) groups excluding carboxylic acids is 2. The number of ketones is 2. The summed E-state index contributed by atoms with van der Waals surface area (Å²) >= 11 is 0. The van der Waals surface area contributed by atoms with Gasteiger partial charge in [0.25, 0.3) is 0 Å². The van der Waals surface area contributed by atoms with Crippen molar-refractivity contribution >= 4 is 29.3 Å². The first-order valence-corrected chi connectivity index (χ1v) is 9.44. The van der Waals surface area contributed by atoms with E-state index in [0.29, 0.717) is 17.0 Å². The van der Waals surface area contributed by atoms with Gasteiger partial charge in [0.1, 0.15) is 18.7 Å². The molecule has 0 bridgehead atoms. The topological polar surface area (TPSA) is 51.2 Å². The van der Waals surface area contributed by atoms with E-state index in [4.69, 9.17) is 0 Å². The molecule has 2 aromatic carbocycles. The Labute approximate surface area is 136 Å². The molecule has 1 fully saturated rings. The Hall–Kier alpha value is -1.99. The van der Waals surface area contributed by atoms with Crippen molar-refractivity contribution in [2.45, 2.75) is 25.9 Å². The average molecular weight is 326 g/mol. The highest BCUT2D eigenvalue weighted by molar-refractivity contribution is 7.79. The van der Waals surface area contributed by atoms with E-state index in [1.807, 2.05) is 60.7 Å². The number of carbonyl (C=O) groups is 2. The van der Waals surface area contributed by atoms with Crippen molar-refractivity contribution in [2.24, 2.45) is 5.41 Å². The molecule has 1 atom stereocenters. The molecule has 0 spiro atoms. The Morgan fingerprint density at radius 2 is 1.26 bits per heavy atom. The van der Waals surface area contributed by atoms with Crippen molar-refractivity contribution in [3.63, 3.8) is 0 Å². The van der Waals surface area contributed by atoms with Crippen molar-refractivity contribution in [2.75, 3.05) is 0 Å². The second kappa shape index (κ2) is 5.58. The maximum Gasteiger partial charge on any atom is 0.147 e. The fourth-order valence-electron chi connectivity index (χ4n) is 3.50. The Balaban J connectivity index is 2.19. The van der Waals surface area contributed by atoms with Crippen LogP contribution < -0.4 is 10.6 Å². The van der Waals surface area contributed by atoms with Crippen LogP contribution in [-0.4, -0.2) is 17.2 Å². The van der Waals surface area contributed by atoms with Gasteiger partial charge in [-0.2, -0.15) is 0 Å². The summed E-state index contributed by atoms with van der Waals surface area (Å²) in [5.41, 5.74) is -1.52. The Bertz CT molecular complexity index is 738. The molecule has 3 rings (SSSR count). The summed E-state index contributed by atoms with van der Waals surface area (Å²) in [6.45, 7) is 2.86. The van der Waals surface area contributed by atoms with Gasteiger partial charge in [0.05, 0.1) is 5.41 Å². The fraction of sp³-hybridized carbons (Fsp3) is 0.263. The zero-order valence-corrected chi connectivity index (χ0v) is 14.1. The van der Waals surface area contributed by atoms with Gasteiger partial charge in [-0.25, -0.2) is 0 Å². The molecule has 0 aromatic heterocycles. The maximum atomic E-state index is 14.1. The minimum atomic E-state index is -3.06. The molecular formula is C19H19O3P. The molecule has 1 aliphatic carbocycles. The zero-order chi connectivity index (χ0) is 16.7. The molecule has 0 radical (unpaired) electrons. The average Bonchev–Trinajstić information content (AvgIpc) is 3.33. The second-order valence-electron chi connectivity index (χ2n) is 6.13. The highest BCUT2D eigenvalue weighted by Crippen LogP contribution is 2.69. The van der Waals surface area contributed by atoms with E-state index in [1.165, 1.54) is 13.8 Å². The largest absolute Gasteiger partial charge is 0.313 e. The zero-order valence-electron chi connectivity index (χ0n) is 13.2. The Kier molecular flexibility index (Phi) is 3.85. The quantitative estimate of drug-likeness (QED) is 0.627. The van der Waals surface area contributed by atoms with Crippen LogP contribution in [0.15, 0.2) is 60.7 Å². The summed E-state index contributed by atoms with van der Waals surface area (Å²) in [4.78, 5) is 24.3. The van der Waals surface area contributed by atoms with Crippen LogP contribution in [-0.2, 0) is 14.2 Å². The summed E-state index contributed by atoms with van der Waals surface area (Å²) in [6.07, 6.45) is 0.374. The van der Waals surface area contributed by atoms with E-state index < -0.39 is 18.2 Å². The van der Waals surface area contributed by atoms with Gasteiger partial charge in [-0.15, -0.1) is 0 Å². The second-order valence-corrected chi connectivity index (χ2v) is 9.10. The van der Waals surface area contributed by atoms with E-state index in [2.05, 4.69) is 0 Å². The van der Waals surface area contributed by atoms with Crippen molar-refractivity contribution in [3.8, 4) is 0 Å². The van der Waals surface area contributed by atoms with Crippen molar-refractivity contribution in [1.29, 1.82) is 0 Å². The SMILES string of the molecule is CC(=O)C1(C(C)=O)CC1P(=O)(c1ccccc1)c1ccccc1. The first-order valence-electron chi connectivity index (χ1n) is 7.67. The monoisotopic (exact) mass is 326 g/mol. The predicted octanol–water partition coefficient (Wildman–Crippen LogP) is 2.94. The molecule has 0 saturated heterocycles. The number of benzene rings is 2.